The Hall–Kier alpha value is -1.96. The largest absolute Gasteiger partial charge is 0.497 e. The van der Waals surface area contributed by atoms with Crippen LogP contribution in [-0.2, 0) is 0 Å². The number of methoxy groups -OCH3 is 2. The van der Waals surface area contributed by atoms with Crippen molar-refractivity contribution in [2.45, 2.75) is 32.1 Å². The number of fused-ring (bicyclic) bond motifs is 1. The van der Waals surface area contributed by atoms with Gasteiger partial charge in [0, 0.05) is 5.92 Å². The summed E-state index contributed by atoms with van der Waals surface area (Å²) in [5, 5.41) is 0. The van der Waals surface area contributed by atoms with Crippen molar-refractivity contribution in [3.05, 3.63) is 59.2 Å². The van der Waals surface area contributed by atoms with Crippen LogP contribution in [0.3, 0.4) is 0 Å². The zero-order valence-corrected chi connectivity index (χ0v) is 13.8. The fourth-order valence-corrected chi connectivity index (χ4v) is 3.97. The average Bonchev–Trinajstić information content (AvgIpc) is 2.85. The predicted molar refractivity (Wildman–Crippen MR) is 90.0 cm³/mol. The molecule has 2 aromatic carbocycles. The molecule has 0 fully saturated rings. The summed E-state index contributed by atoms with van der Waals surface area (Å²) in [4.78, 5) is 0. The summed E-state index contributed by atoms with van der Waals surface area (Å²) in [5.41, 5.74) is 4.26. The average molecular weight is 296 g/mol. The molecule has 0 saturated heterocycles. The minimum absolute atomic E-state index is 0.431. The maximum atomic E-state index is 5.44. The van der Waals surface area contributed by atoms with E-state index in [1.54, 1.807) is 14.2 Å². The Kier molecular flexibility index (Phi) is 4.10. The Morgan fingerprint density at radius 3 is 2.09 bits per heavy atom. The normalized spacial score (nSPS) is 23.2. The first kappa shape index (κ1) is 15.0. The molecule has 1 aliphatic carbocycles. The van der Waals surface area contributed by atoms with Gasteiger partial charge in [0.2, 0.25) is 0 Å². The molecule has 0 bridgehead atoms. The van der Waals surface area contributed by atoms with Crippen LogP contribution in [0.1, 0.15) is 48.8 Å². The highest BCUT2D eigenvalue weighted by Gasteiger charge is 2.37. The molecular formula is C20H24O2. The van der Waals surface area contributed by atoms with Crippen LogP contribution < -0.4 is 9.47 Å². The van der Waals surface area contributed by atoms with Gasteiger partial charge in [0.25, 0.3) is 0 Å². The van der Waals surface area contributed by atoms with E-state index < -0.39 is 0 Å². The zero-order valence-electron chi connectivity index (χ0n) is 13.8. The number of rotatable bonds is 4. The van der Waals surface area contributed by atoms with Crippen LogP contribution in [0.4, 0.5) is 0 Å². The van der Waals surface area contributed by atoms with E-state index >= 15 is 0 Å². The lowest BCUT2D eigenvalue weighted by atomic mass is 9.83. The van der Waals surface area contributed by atoms with E-state index in [1.807, 2.05) is 0 Å². The molecule has 0 aliphatic heterocycles. The fraction of sp³-hybridized carbons (Fsp3) is 0.400. The molecule has 0 saturated carbocycles. The highest BCUT2D eigenvalue weighted by molar-refractivity contribution is 5.50. The SMILES string of the molecule is CC[C@H]1c2ccc(OC)cc2[C@H](c2ccc(OC)cc2)[C@H]1C. The van der Waals surface area contributed by atoms with Crippen molar-refractivity contribution in [1.82, 2.24) is 0 Å². The van der Waals surface area contributed by atoms with E-state index in [0.29, 0.717) is 17.8 Å². The van der Waals surface area contributed by atoms with Crippen molar-refractivity contribution in [2.75, 3.05) is 14.2 Å². The summed E-state index contributed by atoms with van der Waals surface area (Å²) in [5.74, 6) is 3.50. The Morgan fingerprint density at radius 1 is 0.864 bits per heavy atom. The van der Waals surface area contributed by atoms with Crippen LogP contribution in [0.25, 0.3) is 0 Å². The summed E-state index contributed by atoms with van der Waals surface area (Å²) in [6, 6.07) is 15.1. The van der Waals surface area contributed by atoms with Gasteiger partial charge >= 0.3 is 0 Å². The van der Waals surface area contributed by atoms with Crippen LogP contribution in [0.5, 0.6) is 11.5 Å². The molecule has 0 heterocycles. The first-order valence-corrected chi connectivity index (χ1v) is 8.01. The molecular weight excluding hydrogens is 272 g/mol. The molecule has 116 valence electrons. The maximum Gasteiger partial charge on any atom is 0.119 e. The third kappa shape index (κ3) is 2.37. The highest BCUT2D eigenvalue weighted by Crippen LogP contribution is 2.51. The minimum atomic E-state index is 0.431. The van der Waals surface area contributed by atoms with Crippen molar-refractivity contribution in [3.63, 3.8) is 0 Å². The van der Waals surface area contributed by atoms with Crippen molar-refractivity contribution in [2.24, 2.45) is 5.92 Å². The summed E-state index contributed by atoms with van der Waals surface area (Å²) in [6.07, 6.45) is 1.17. The Balaban J connectivity index is 2.07. The second kappa shape index (κ2) is 6.04. The molecule has 0 amide bonds. The Morgan fingerprint density at radius 2 is 1.50 bits per heavy atom. The lowest BCUT2D eigenvalue weighted by Crippen LogP contribution is -2.09. The second-order valence-corrected chi connectivity index (χ2v) is 6.12. The van der Waals surface area contributed by atoms with Gasteiger partial charge in [-0.3, -0.25) is 0 Å². The fourth-order valence-electron chi connectivity index (χ4n) is 3.97. The first-order chi connectivity index (χ1) is 10.7. The molecule has 3 rings (SSSR count). The molecule has 0 spiro atoms. The van der Waals surface area contributed by atoms with E-state index in [0.717, 1.165) is 11.5 Å². The molecule has 22 heavy (non-hydrogen) atoms. The molecule has 0 radical (unpaired) electrons. The van der Waals surface area contributed by atoms with Crippen molar-refractivity contribution < 1.29 is 9.47 Å². The van der Waals surface area contributed by atoms with Crippen LogP contribution in [0.2, 0.25) is 0 Å². The molecule has 2 heteroatoms. The van der Waals surface area contributed by atoms with Crippen molar-refractivity contribution >= 4 is 0 Å². The molecule has 3 atom stereocenters. The predicted octanol–water partition coefficient (Wildman–Crippen LogP) is 4.98. The molecule has 0 unspecified atom stereocenters. The quantitative estimate of drug-likeness (QED) is 0.792. The zero-order chi connectivity index (χ0) is 15.7. The summed E-state index contributed by atoms with van der Waals surface area (Å²) >= 11 is 0. The van der Waals surface area contributed by atoms with Gasteiger partial charge < -0.3 is 9.47 Å². The van der Waals surface area contributed by atoms with Gasteiger partial charge in [-0.2, -0.15) is 0 Å². The van der Waals surface area contributed by atoms with E-state index in [2.05, 4.69) is 56.3 Å². The number of hydrogen-bond acceptors (Lipinski definition) is 2. The van der Waals surface area contributed by atoms with E-state index in [9.17, 15) is 0 Å². The van der Waals surface area contributed by atoms with Crippen molar-refractivity contribution in [3.8, 4) is 11.5 Å². The van der Waals surface area contributed by atoms with E-state index in [-0.39, 0.29) is 0 Å². The molecule has 2 aromatic rings. The maximum absolute atomic E-state index is 5.44. The van der Waals surface area contributed by atoms with Crippen molar-refractivity contribution in [1.29, 1.82) is 0 Å². The monoisotopic (exact) mass is 296 g/mol. The standard InChI is InChI=1S/C20H24O2/c1-5-17-13(2)20(14-6-8-15(21-3)9-7-14)19-12-16(22-4)10-11-18(17)19/h6-13,17,20H,5H2,1-4H3/t13-,17+,20-/m0/s1. The van der Waals surface area contributed by atoms with Gasteiger partial charge in [0.15, 0.2) is 0 Å². The summed E-state index contributed by atoms with van der Waals surface area (Å²) in [6.45, 7) is 4.65. The van der Waals surface area contributed by atoms with Gasteiger partial charge in [0.1, 0.15) is 11.5 Å². The molecule has 0 aromatic heterocycles. The Labute approximate surface area is 133 Å². The third-order valence-corrected chi connectivity index (χ3v) is 5.10. The second-order valence-electron chi connectivity index (χ2n) is 6.12. The number of benzene rings is 2. The molecule has 2 nitrogen and oxygen atoms in total. The summed E-state index contributed by atoms with van der Waals surface area (Å²) in [7, 11) is 3.44. The van der Waals surface area contributed by atoms with Crippen LogP contribution >= 0.6 is 0 Å². The van der Waals surface area contributed by atoms with Crippen LogP contribution in [-0.4, -0.2) is 14.2 Å². The molecule has 0 N–H and O–H groups in total. The minimum Gasteiger partial charge on any atom is -0.497 e. The Bertz CT molecular complexity index is 645. The highest BCUT2D eigenvalue weighted by atomic mass is 16.5. The first-order valence-electron chi connectivity index (χ1n) is 8.01. The van der Waals surface area contributed by atoms with Gasteiger partial charge in [-0.05, 0) is 59.2 Å². The summed E-state index contributed by atoms with van der Waals surface area (Å²) < 4.78 is 10.7. The van der Waals surface area contributed by atoms with Gasteiger partial charge in [-0.15, -0.1) is 0 Å². The van der Waals surface area contributed by atoms with Crippen LogP contribution in [0.15, 0.2) is 42.5 Å². The number of hydrogen-bond donors (Lipinski definition) is 0. The smallest absolute Gasteiger partial charge is 0.119 e. The van der Waals surface area contributed by atoms with Crippen LogP contribution in [0, 0.1) is 5.92 Å². The number of ether oxygens (including phenoxy) is 2. The van der Waals surface area contributed by atoms with Gasteiger partial charge in [-0.1, -0.05) is 32.0 Å². The van der Waals surface area contributed by atoms with Gasteiger partial charge in [-0.25, -0.2) is 0 Å². The topological polar surface area (TPSA) is 18.5 Å². The van der Waals surface area contributed by atoms with Gasteiger partial charge in [0.05, 0.1) is 14.2 Å². The third-order valence-electron chi connectivity index (χ3n) is 5.10. The van der Waals surface area contributed by atoms with E-state index in [1.165, 1.54) is 23.1 Å². The lowest BCUT2D eigenvalue weighted by molar-refractivity contribution is 0.412. The molecule has 1 aliphatic rings. The van der Waals surface area contributed by atoms with E-state index in [4.69, 9.17) is 9.47 Å². The lowest BCUT2D eigenvalue weighted by Gasteiger charge is -2.21.